The van der Waals surface area contributed by atoms with Gasteiger partial charge in [0.25, 0.3) is 0 Å². The van der Waals surface area contributed by atoms with Crippen LogP contribution in [0, 0.1) is 6.92 Å². The maximum absolute atomic E-state index is 6.39. The van der Waals surface area contributed by atoms with E-state index in [0.717, 1.165) is 6.42 Å². The lowest BCUT2D eigenvalue weighted by Gasteiger charge is -2.37. The highest BCUT2D eigenvalue weighted by Gasteiger charge is 2.28. The van der Waals surface area contributed by atoms with Gasteiger partial charge >= 0.3 is 0 Å². The molecule has 0 fully saturated rings. The van der Waals surface area contributed by atoms with Crippen LogP contribution in [0.3, 0.4) is 0 Å². The van der Waals surface area contributed by atoms with Gasteiger partial charge in [0.2, 0.25) is 0 Å². The van der Waals surface area contributed by atoms with Crippen molar-refractivity contribution in [2.24, 2.45) is 5.73 Å². The lowest BCUT2D eigenvalue weighted by molar-refractivity contribution is 0.142. The molecule has 104 valence electrons. The maximum atomic E-state index is 6.39. The molecule has 0 spiro atoms. The molecule has 2 N–H and O–H groups in total. The summed E-state index contributed by atoms with van der Waals surface area (Å²) >= 11 is 1.85. The van der Waals surface area contributed by atoms with Gasteiger partial charge in [-0.2, -0.15) is 0 Å². The zero-order valence-corrected chi connectivity index (χ0v) is 13.3. The molecular formula is C15H28N2S. The Morgan fingerprint density at radius 1 is 1.22 bits per heavy atom. The molecule has 2 nitrogen and oxygen atoms in total. The number of likely N-dealkylation sites (N-methyl/N-ethyl adjacent to an activating group) is 1. The lowest BCUT2D eigenvalue weighted by atomic mass is 9.98. The fourth-order valence-corrected chi connectivity index (χ4v) is 3.84. The van der Waals surface area contributed by atoms with Crippen LogP contribution in [0.25, 0.3) is 0 Å². The number of hydrogen-bond donors (Lipinski definition) is 1. The van der Waals surface area contributed by atoms with Gasteiger partial charge in [-0.1, -0.05) is 20.8 Å². The Kier molecular flexibility index (Phi) is 6.33. The fourth-order valence-electron chi connectivity index (χ4n) is 2.68. The Morgan fingerprint density at radius 3 is 2.22 bits per heavy atom. The highest BCUT2D eigenvalue weighted by atomic mass is 32.1. The quantitative estimate of drug-likeness (QED) is 0.811. The Hall–Kier alpha value is -0.380. The molecule has 0 aromatic carbocycles. The minimum atomic E-state index is 0.216. The summed E-state index contributed by atoms with van der Waals surface area (Å²) in [5.41, 5.74) is 7.77. The van der Waals surface area contributed by atoms with E-state index in [1.165, 1.54) is 23.3 Å². The summed E-state index contributed by atoms with van der Waals surface area (Å²) in [5, 5.41) is 2.18. The first-order valence-corrected chi connectivity index (χ1v) is 7.96. The summed E-state index contributed by atoms with van der Waals surface area (Å²) in [7, 11) is 2.23. The lowest BCUT2D eigenvalue weighted by Crippen LogP contribution is -2.43. The Morgan fingerprint density at radius 2 is 1.83 bits per heavy atom. The van der Waals surface area contributed by atoms with Gasteiger partial charge in [-0.15, -0.1) is 11.3 Å². The van der Waals surface area contributed by atoms with Gasteiger partial charge in [0.15, 0.2) is 0 Å². The van der Waals surface area contributed by atoms with Crippen LogP contribution in [0.4, 0.5) is 0 Å². The number of hydrogen-bond acceptors (Lipinski definition) is 3. The first kappa shape index (κ1) is 15.7. The van der Waals surface area contributed by atoms with Crippen molar-refractivity contribution in [2.75, 3.05) is 7.05 Å². The average molecular weight is 268 g/mol. The molecule has 0 amide bonds. The predicted octanol–water partition coefficient (Wildman–Crippen LogP) is 3.96. The molecule has 1 rings (SSSR count). The molecule has 3 heteroatoms. The van der Waals surface area contributed by atoms with Crippen LogP contribution >= 0.6 is 11.3 Å². The summed E-state index contributed by atoms with van der Waals surface area (Å²) in [5.74, 6) is 0. The van der Waals surface area contributed by atoms with Crippen LogP contribution < -0.4 is 5.73 Å². The molecule has 1 heterocycles. The van der Waals surface area contributed by atoms with Gasteiger partial charge in [0, 0.05) is 17.0 Å². The molecule has 18 heavy (non-hydrogen) atoms. The van der Waals surface area contributed by atoms with E-state index in [1.807, 2.05) is 11.3 Å². The zero-order chi connectivity index (χ0) is 13.7. The van der Waals surface area contributed by atoms with E-state index >= 15 is 0 Å². The van der Waals surface area contributed by atoms with Gasteiger partial charge in [0.05, 0.1) is 6.04 Å². The first-order valence-electron chi connectivity index (χ1n) is 7.08. The number of thiophene rings is 1. The molecule has 2 atom stereocenters. The van der Waals surface area contributed by atoms with Crippen LogP contribution in [0.1, 0.15) is 56.5 Å². The van der Waals surface area contributed by atoms with Gasteiger partial charge < -0.3 is 5.73 Å². The minimum Gasteiger partial charge on any atom is -0.326 e. The van der Waals surface area contributed by atoms with E-state index in [0.29, 0.717) is 12.1 Å². The second-order valence-electron chi connectivity index (χ2n) is 5.12. The van der Waals surface area contributed by atoms with Crippen LogP contribution in [0.15, 0.2) is 11.4 Å². The molecule has 1 aromatic heterocycles. The number of nitrogens with zero attached hydrogens (tertiary/aromatic N) is 1. The average Bonchev–Trinajstić information content (AvgIpc) is 2.77. The summed E-state index contributed by atoms with van der Waals surface area (Å²) < 4.78 is 0. The van der Waals surface area contributed by atoms with Crippen molar-refractivity contribution in [3.05, 3.63) is 21.9 Å². The second-order valence-corrected chi connectivity index (χ2v) is 6.07. The van der Waals surface area contributed by atoms with E-state index in [9.17, 15) is 0 Å². The standard InChI is InChI=1S/C15H28N2S/c1-6-12(7-2)17(5)14(13(16)8-3)15-11(4)9-10-18-15/h9-10,12-14H,6-8,16H2,1-5H3. The molecule has 0 aliphatic rings. The smallest absolute Gasteiger partial charge is 0.0595 e. The van der Waals surface area contributed by atoms with Gasteiger partial charge in [-0.05, 0) is 50.2 Å². The van der Waals surface area contributed by atoms with Crippen LogP contribution in [-0.4, -0.2) is 24.0 Å². The van der Waals surface area contributed by atoms with Gasteiger partial charge in [0.1, 0.15) is 0 Å². The monoisotopic (exact) mass is 268 g/mol. The Bertz CT molecular complexity index is 344. The molecule has 2 unspecified atom stereocenters. The van der Waals surface area contributed by atoms with E-state index in [2.05, 4.69) is 51.1 Å². The van der Waals surface area contributed by atoms with Crippen molar-refractivity contribution in [3.8, 4) is 0 Å². The van der Waals surface area contributed by atoms with E-state index in [1.54, 1.807) is 0 Å². The maximum Gasteiger partial charge on any atom is 0.0595 e. The van der Waals surface area contributed by atoms with Crippen molar-refractivity contribution >= 4 is 11.3 Å². The molecule has 1 aromatic rings. The van der Waals surface area contributed by atoms with E-state index in [-0.39, 0.29) is 6.04 Å². The zero-order valence-electron chi connectivity index (χ0n) is 12.4. The summed E-state index contributed by atoms with van der Waals surface area (Å²) in [6, 6.07) is 3.40. The number of aryl methyl sites for hydroxylation is 1. The Labute approximate surface area is 116 Å². The molecule has 0 aliphatic carbocycles. The highest BCUT2D eigenvalue weighted by Crippen LogP contribution is 2.33. The molecule has 0 saturated heterocycles. The number of nitrogens with two attached hydrogens (primary N) is 1. The van der Waals surface area contributed by atoms with Crippen molar-refractivity contribution in [3.63, 3.8) is 0 Å². The van der Waals surface area contributed by atoms with Crippen LogP contribution in [-0.2, 0) is 0 Å². The SMILES string of the molecule is CCC(N)C(c1sccc1C)N(C)C(CC)CC. The molecule has 0 radical (unpaired) electrons. The molecule has 0 aliphatic heterocycles. The van der Waals surface area contributed by atoms with Gasteiger partial charge in [-0.3, -0.25) is 4.90 Å². The third-order valence-corrected chi connectivity index (χ3v) is 5.09. The predicted molar refractivity (Wildman–Crippen MR) is 82.2 cm³/mol. The third-order valence-electron chi connectivity index (χ3n) is 4.00. The van der Waals surface area contributed by atoms with Crippen molar-refractivity contribution in [2.45, 2.75) is 65.1 Å². The number of rotatable bonds is 7. The van der Waals surface area contributed by atoms with E-state index in [4.69, 9.17) is 5.73 Å². The molecule has 0 bridgehead atoms. The van der Waals surface area contributed by atoms with Crippen LogP contribution in [0.2, 0.25) is 0 Å². The summed E-state index contributed by atoms with van der Waals surface area (Å²) in [6.07, 6.45) is 3.39. The van der Waals surface area contributed by atoms with E-state index < -0.39 is 0 Å². The third kappa shape index (κ3) is 3.34. The highest BCUT2D eigenvalue weighted by molar-refractivity contribution is 7.10. The van der Waals surface area contributed by atoms with Crippen molar-refractivity contribution in [1.82, 2.24) is 4.90 Å². The topological polar surface area (TPSA) is 29.3 Å². The second kappa shape index (κ2) is 7.27. The summed E-state index contributed by atoms with van der Waals surface area (Å²) in [6.45, 7) is 8.91. The Balaban J connectivity index is 3.02. The largest absolute Gasteiger partial charge is 0.326 e. The van der Waals surface area contributed by atoms with Crippen LogP contribution in [0.5, 0.6) is 0 Å². The van der Waals surface area contributed by atoms with Gasteiger partial charge in [-0.25, -0.2) is 0 Å². The molecule has 0 saturated carbocycles. The van der Waals surface area contributed by atoms with Crippen molar-refractivity contribution in [1.29, 1.82) is 0 Å². The van der Waals surface area contributed by atoms with Crippen molar-refractivity contribution < 1.29 is 0 Å². The fraction of sp³-hybridized carbons (Fsp3) is 0.733. The minimum absolute atomic E-state index is 0.216. The summed E-state index contributed by atoms with van der Waals surface area (Å²) in [4.78, 5) is 3.94. The molecular weight excluding hydrogens is 240 g/mol. The first-order chi connectivity index (χ1) is 8.56. The normalized spacial score (nSPS) is 15.3.